The maximum absolute atomic E-state index is 10.1. The van der Waals surface area contributed by atoms with E-state index in [9.17, 15) is 5.11 Å². The van der Waals surface area contributed by atoms with Gasteiger partial charge in [0.05, 0.1) is 0 Å². The van der Waals surface area contributed by atoms with Crippen molar-refractivity contribution < 1.29 is 5.11 Å². The van der Waals surface area contributed by atoms with Crippen molar-refractivity contribution in [2.75, 3.05) is 5.75 Å². The summed E-state index contributed by atoms with van der Waals surface area (Å²) < 4.78 is 0. The van der Waals surface area contributed by atoms with E-state index in [1.807, 2.05) is 13.0 Å². The second kappa shape index (κ2) is 3.79. The average molecular weight is 206 g/mol. The molecule has 74 valence electrons. The molecule has 1 aliphatic heterocycles. The monoisotopic (exact) mass is 206 g/mol. The van der Waals surface area contributed by atoms with E-state index in [0.29, 0.717) is 0 Å². The maximum Gasteiger partial charge on any atom is 0.102 e. The zero-order valence-corrected chi connectivity index (χ0v) is 9.27. The molecule has 1 unspecified atom stereocenters. The molecule has 0 fully saturated rings. The minimum Gasteiger partial charge on any atom is -0.384 e. The minimum absolute atomic E-state index is 0.392. The number of hydrogen-bond donors (Lipinski definition) is 1. The predicted octanol–water partition coefficient (Wildman–Crippen LogP) is 3.08. The summed E-state index contributed by atoms with van der Waals surface area (Å²) in [6, 6.07) is 6.28. The van der Waals surface area contributed by atoms with E-state index >= 15 is 0 Å². The van der Waals surface area contributed by atoms with Gasteiger partial charge >= 0.3 is 0 Å². The zero-order valence-electron chi connectivity index (χ0n) is 8.45. The summed E-state index contributed by atoms with van der Waals surface area (Å²) in [7, 11) is 0. The smallest absolute Gasteiger partial charge is 0.102 e. The van der Waals surface area contributed by atoms with Crippen molar-refractivity contribution in [1.29, 1.82) is 0 Å². The van der Waals surface area contributed by atoms with Gasteiger partial charge < -0.3 is 5.11 Å². The van der Waals surface area contributed by atoms with Crippen LogP contribution >= 0.6 is 11.8 Å². The Kier molecular flexibility index (Phi) is 2.66. The lowest BCUT2D eigenvalue weighted by Crippen LogP contribution is -2.10. The Bertz CT molecular complexity index is 382. The molecule has 1 nitrogen and oxygen atoms in total. The standard InChI is InChI=1S/C12H14OS/c1-3-9-7-14-11-5-4-8(2)6-10(11)12(9)13/h3-6,12-13H,7H2,1-2H3/b9-3+. The van der Waals surface area contributed by atoms with Gasteiger partial charge in [0.1, 0.15) is 6.10 Å². The predicted molar refractivity (Wildman–Crippen MR) is 60.6 cm³/mol. The normalized spacial score (nSPS) is 23.6. The lowest BCUT2D eigenvalue weighted by Gasteiger charge is -2.24. The Morgan fingerprint density at radius 3 is 3.00 bits per heavy atom. The van der Waals surface area contributed by atoms with Gasteiger partial charge in [0.15, 0.2) is 0 Å². The van der Waals surface area contributed by atoms with Crippen molar-refractivity contribution in [3.63, 3.8) is 0 Å². The molecule has 0 saturated heterocycles. The van der Waals surface area contributed by atoms with Crippen molar-refractivity contribution in [1.82, 2.24) is 0 Å². The Hall–Kier alpha value is -0.730. The van der Waals surface area contributed by atoms with E-state index in [1.54, 1.807) is 11.8 Å². The highest BCUT2D eigenvalue weighted by Crippen LogP contribution is 2.39. The number of thioether (sulfide) groups is 1. The molecule has 2 heteroatoms. The number of aliphatic hydroxyl groups is 1. The molecule has 0 amide bonds. The lowest BCUT2D eigenvalue weighted by molar-refractivity contribution is 0.211. The van der Waals surface area contributed by atoms with Gasteiger partial charge in [0.2, 0.25) is 0 Å². The summed E-state index contributed by atoms with van der Waals surface area (Å²) in [5, 5.41) is 10.1. The van der Waals surface area contributed by atoms with E-state index in [1.165, 1.54) is 10.5 Å². The molecular formula is C12H14OS. The fourth-order valence-corrected chi connectivity index (χ4v) is 2.84. The topological polar surface area (TPSA) is 20.2 Å². The van der Waals surface area contributed by atoms with Gasteiger partial charge in [-0.1, -0.05) is 23.8 Å². The Morgan fingerprint density at radius 1 is 1.50 bits per heavy atom. The van der Waals surface area contributed by atoms with Crippen molar-refractivity contribution in [3.05, 3.63) is 41.0 Å². The lowest BCUT2D eigenvalue weighted by atomic mass is 10.0. The van der Waals surface area contributed by atoms with E-state index < -0.39 is 6.10 Å². The third-order valence-corrected chi connectivity index (χ3v) is 3.74. The molecule has 1 N–H and O–H groups in total. The van der Waals surface area contributed by atoms with Crippen LogP contribution in [-0.4, -0.2) is 10.9 Å². The quantitative estimate of drug-likeness (QED) is 0.658. The zero-order chi connectivity index (χ0) is 10.1. The molecule has 0 saturated carbocycles. The molecule has 0 radical (unpaired) electrons. The van der Waals surface area contributed by atoms with Crippen LogP contribution in [0.4, 0.5) is 0 Å². The van der Waals surface area contributed by atoms with E-state index in [0.717, 1.165) is 16.9 Å². The van der Waals surface area contributed by atoms with Gasteiger partial charge in [-0.15, -0.1) is 11.8 Å². The Balaban J connectivity index is 2.48. The number of allylic oxidation sites excluding steroid dienone is 1. The largest absolute Gasteiger partial charge is 0.384 e. The first-order valence-electron chi connectivity index (χ1n) is 4.79. The first-order valence-corrected chi connectivity index (χ1v) is 5.77. The van der Waals surface area contributed by atoms with Crippen molar-refractivity contribution in [2.45, 2.75) is 24.8 Å². The second-order valence-corrected chi connectivity index (χ2v) is 4.61. The average Bonchev–Trinajstić information content (AvgIpc) is 2.20. The van der Waals surface area contributed by atoms with Crippen LogP contribution in [0.3, 0.4) is 0 Å². The van der Waals surface area contributed by atoms with Crippen molar-refractivity contribution in [3.8, 4) is 0 Å². The van der Waals surface area contributed by atoms with Gasteiger partial charge in [-0.3, -0.25) is 0 Å². The molecular weight excluding hydrogens is 192 g/mol. The van der Waals surface area contributed by atoms with Crippen LogP contribution in [0.15, 0.2) is 34.7 Å². The molecule has 0 bridgehead atoms. The van der Waals surface area contributed by atoms with E-state index in [4.69, 9.17) is 0 Å². The van der Waals surface area contributed by atoms with Gasteiger partial charge in [0, 0.05) is 10.6 Å². The second-order valence-electron chi connectivity index (χ2n) is 3.60. The molecule has 2 rings (SSSR count). The van der Waals surface area contributed by atoms with Crippen LogP contribution in [0, 0.1) is 6.92 Å². The van der Waals surface area contributed by atoms with Crippen LogP contribution in [-0.2, 0) is 0 Å². The number of hydrogen-bond acceptors (Lipinski definition) is 2. The fraction of sp³-hybridized carbons (Fsp3) is 0.333. The molecule has 0 spiro atoms. The van der Waals surface area contributed by atoms with Crippen molar-refractivity contribution in [2.24, 2.45) is 0 Å². The molecule has 1 aliphatic rings. The van der Waals surface area contributed by atoms with Crippen LogP contribution in [0.25, 0.3) is 0 Å². The highest BCUT2D eigenvalue weighted by molar-refractivity contribution is 7.99. The summed E-state index contributed by atoms with van der Waals surface area (Å²) in [4.78, 5) is 1.22. The number of aryl methyl sites for hydroxylation is 1. The molecule has 1 heterocycles. The van der Waals surface area contributed by atoms with Crippen molar-refractivity contribution >= 4 is 11.8 Å². The molecule has 1 aromatic carbocycles. The number of fused-ring (bicyclic) bond motifs is 1. The van der Waals surface area contributed by atoms with Gasteiger partial charge in [-0.05, 0) is 31.1 Å². The highest BCUT2D eigenvalue weighted by Gasteiger charge is 2.21. The molecule has 14 heavy (non-hydrogen) atoms. The number of benzene rings is 1. The van der Waals surface area contributed by atoms with E-state index in [2.05, 4.69) is 25.1 Å². The van der Waals surface area contributed by atoms with Crippen LogP contribution in [0.1, 0.15) is 24.2 Å². The SMILES string of the molecule is C/C=C1\CSc2ccc(C)cc2C1O. The summed E-state index contributed by atoms with van der Waals surface area (Å²) in [5.74, 6) is 0.910. The van der Waals surface area contributed by atoms with E-state index in [-0.39, 0.29) is 0 Å². The molecule has 1 atom stereocenters. The number of aliphatic hydroxyl groups excluding tert-OH is 1. The van der Waals surface area contributed by atoms with Crippen LogP contribution in [0.2, 0.25) is 0 Å². The highest BCUT2D eigenvalue weighted by atomic mass is 32.2. The summed E-state index contributed by atoms with van der Waals surface area (Å²) in [6.07, 6.45) is 1.62. The third-order valence-electron chi connectivity index (χ3n) is 2.58. The van der Waals surface area contributed by atoms with Gasteiger partial charge in [0.25, 0.3) is 0 Å². The first-order chi connectivity index (χ1) is 6.72. The molecule has 1 aromatic rings. The molecule has 0 aliphatic carbocycles. The fourth-order valence-electron chi connectivity index (χ4n) is 1.69. The summed E-state index contributed by atoms with van der Waals surface area (Å²) in [6.45, 7) is 4.04. The first kappa shape index (κ1) is 9.81. The molecule has 0 aromatic heterocycles. The summed E-state index contributed by atoms with van der Waals surface area (Å²) >= 11 is 1.81. The Labute approximate surface area is 88.8 Å². The number of rotatable bonds is 0. The summed E-state index contributed by atoms with van der Waals surface area (Å²) in [5.41, 5.74) is 3.39. The third kappa shape index (κ3) is 1.60. The van der Waals surface area contributed by atoms with Gasteiger partial charge in [-0.2, -0.15) is 0 Å². The minimum atomic E-state index is -0.392. The Morgan fingerprint density at radius 2 is 2.29 bits per heavy atom. The maximum atomic E-state index is 10.1. The van der Waals surface area contributed by atoms with Crippen LogP contribution in [0.5, 0.6) is 0 Å². The van der Waals surface area contributed by atoms with Gasteiger partial charge in [-0.25, -0.2) is 0 Å². The van der Waals surface area contributed by atoms with Crippen LogP contribution < -0.4 is 0 Å².